The fourth-order valence-corrected chi connectivity index (χ4v) is 5.55. The minimum Gasteiger partial charge on any atom is -0.307 e. The minimum atomic E-state index is -5.17. The number of alkyl halides is 3. The Kier molecular flexibility index (Phi) is 15.8. The molecule has 1 unspecified atom stereocenters. The second-order valence-electron chi connectivity index (χ2n) is 6.73. The van der Waals surface area contributed by atoms with Crippen molar-refractivity contribution in [2.75, 3.05) is 26.4 Å². The van der Waals surface area contributed by atoms with E-state index in [1.807, 2.05) is 13.8 Å². The van der Waals surface area contributed by atoms with Gasteiger partial charge in [-0.2, -0.15) is 13.2 Å². The van der Waals surface area contributed by atoms with Gasteiger partial charge in [-0.1, -0.05) is 53.4 Å². The first-order valence-electron chi connectivity index (χ1n) is 10.6. The van der Waals surface area contributed by atoms with Gasteiger partial charge in [-0.25, -0.2) is 4.57 Å². The SMILES string of the molecule is CCCCOP(=O)(OCCCC)OC(C(F)(F)F)P(=O)(OCCCC)OCCCC. The third-order valence-electron chi connectivity index (χ3n) is 3.83. The first-order valence-corrected chi connectivity index (χ1v) is 13.7. The van der Waals surface area contributed by atoms with Gasteiger partial charge < -0.3 is 9.05 Å². The fourth-order valence-electron chi connectivity index (χ4n) is 2.00. The summed E-state index contributed by atoms with van der Waals surface area (Å²) < 4.78 is 92.7. The molecule has 0 aromatic heterocycles. The van der Waals surface area contributed by atoms with Crippen LogP contribution in [0.15, 0.2) is 0 Å². The Morgan fingerprint density at radius 1 is 0.667 bits per heavy atom. The molecule has 0 rings (SSSR count). The molecule has 1 atom stereocenters. The Bertz CT molecular complexity index is 504. The molecule has 182 valence electrons. The van der Waals surface area contributed by atoms with Crippen molar-refractivity contribution >= 4 is 15.4 Å². The van der Waals surface area contributed by atoms with Gasteiger partial charge in [0.2, 0.25) is 0 Å². The summed E-state index contributed by atoms with van der Waals surface area (Å²) in [5.41, 5.74) is 0. The van der Waals surface area contributed by atoms with Crippen molar-refractivity contribution in [1.82, 2.24) is 0 Å². The van der Waals surface area contributed by atoms with Crippen LogP contribution in [0.2, 0.25) is 0 Å². The molecule has 0 aromatic rings. The van der Waals surface area contributed by atoms with Crippen LogP contribution in [0.25, 0.3) is 0 Å². The van der Waals surface area contributed by atoms with Gasteiger partial charge in [0.05, 0.1) is 26.4 Å². The van der Waals surface area contributed by atoms with E-state index in [2.05, 4.69) is 0 Å². The molecule has 0 saturated carbocycles. The van der Waals surface area contributed by atoms with E-state index in [0.717, 1.165) is 0 Å². The summed E-state index contributed by atoms with van der Waals surface area (Å²) in [6.45, 7) is 6.61. The molecule has 0 fully saturated rings. The van der Waals surface area contributed by atoms with E-state index in [1.165, 1.54) is 0 Å². The lowest BCUT2D eigenvalue weighted by Gasteiger charge is -2.30. The smallest absolute Gasteiger partial charge is 0.307 e. The van der Waals surface area contributed by atoms with Crippen molar-refractivity contribution in [3.05, 3.63) is 0 Å². The molecule has 0 aliphatic rings. The maximum Gasteiger partial charge on any atom is 0.476 e. The molecular formula is C18H37F3O7P2. The van der Waals surface area contributed by atoms with Crippen LogP contribution in [0.4, 0.5) is 13.2 Å². The molecule has 0 aromatic carbocycles. The third-order valence-corrected chi connectivity index (χ3v) is 7.52. The number of rotatable bonds is 19. The van der Waals surface area contributed by atoms with Gasteiger partial charge in [-0.15, -0.1) is 0 Å². The van der Waals surface area contributed by atoms with Crippen LogP contribution in [-0.2, 0) is 31.7 Å². The summed E-state index contributed by atoms with van der Waals surface area (Å²) in [7, 11) is -9.52. The zero-order valence-electron chi connectivity index (χ0n) is 18.4. The van der Waals surface area contributed by atoms with Gasteiger partial charge in [0.1, 0.15) is 0 Å². The molecule has 0 amide bonds. The van der Waals surface area contributed by atoms with Crippen LogP contribution in [0.3, 0.4) is 0 Å². The van der Waals surface area contributed by atoms with Gasteiger partial charge >= 0.3 is 21.6 Å². The quantitative estimate of drug-likeness (QED) is 0.139. The van der Waals surface area contributed by atoms with E-state index < -0.39 is 27.4 Å². The fraction of sp³-hybridized carbons (Fsp3) is 1.00. The number of hydrogen-bond donors (Lipinski definition) is 0. The van der Waals surface area contributed by atoms with Crippen molar-refractivity contribution in [2.45, 2.75) is 91.1 Å². The lowest BCUT2D eigenvalue weighted by atomic mass is 10.4. The summed E-state index contributed by atoms with van der Waals surface area (Å²) in [5, 5.41) is 0. The molecule has 0 spiro atoms. The highest BCUT2D eigenvalue weighted by Crippen LogP contribution is 2.65. The number of hydrogen-bond acceptors (Lipinski definition) is 7. The molecular weight excluding hydrogens is 447 g/mol. The molecule has 0 bridgehead atoms. The van der Waals surface area contributed by atoms with E-state index in [4.69, 9.17) is 22.6 Å². The van der Waals surface area contributed by atoms with E-state index in [0.29, 0.717) is 51.4 Å². The van der Waals surface area contributed by atoms with Crippen molar-refractivity contribution in [3.63, 3.8) is 0 Å². The molecule has 0 saturated heterocycles. The average molecular weight is 484 g/mol. The largest absolute Gasteiger partial charge is 0.476 e. The zero-order valence-corrected chi connectivity index (χ0v) is 20.2. The molecule has 12 heteroatoms. The minimum absolute atomic E-state index is 0.123. The Morgan fingerprint density at radius 2 is 1.00 bits per heavy atom. The lowest BCUT2D eigenvalue weighted by molar-refractivity contribution is -0.180. The summed E-state index contributed by atoms with van der Waals surface area (Å²) in [6, 6.07) is 0. The normalized spacial score (nSPS) is 14.2. The maximum absolute atomic E-state index is 13.9. The Labute approximate surface area is 178 Å². The molecule has 0 radical (unpaired) electrons. The first-order chi connectivity index (χ1) is 14.1. The monoisotopic (exact) mass is 484 g/mol. The van der Waals surface area contributed by atoms with E-state index in [-0.39, 0.29) is 26.4 Å². The van der Waals surface area contributed by atoms with Gasteiger partial charge in [-0.05, 0) is 25.7 Å². The van der Waals surface area contributed by atoms with Crippen molar-refractivity contribution in [1.29, 1.82) is 0 Å². The van der Waals surface area contributed by atoms with E-state index in [9.17, 15) is 22.3 Å². The van der Waals surface area contributed by atoms with Crippen LogP contribution in [-0.4, -0.2) is 38.4 Å². The van der Waals surface area contributed by atoms with Crippen molar-refractivity contribution in [2.24, 2.45) is 0 Å². The highest BCUT2D eigenvalue weighted by molar-refractivity contribution is 7.56. The Balaban J connectivity index is 5.74. The van der Waals surface area contributed by atoms with Crippen molar-refractivity contribution in [3.8, 4) is 0 Å². The second kappa shape index (κ2) is 15.8. The maximum atomic E-state index is 13.9. The van der Waals surface area contributed by atoms with Gasteiger partial charge in [-0.3, -0.25) is 18.1 Å². The van der Waals surface area contributed by atoms with Crippen LogP contribution in [0, 0.1) is 0 Å². The highest BCUT2D eigenvalue weighted by Gasteiger charge is 2.58. The van der Waals surface area contributed by atoms with Crippen molar-refractivity contribution < 1.29 is 44.9 Å². The molecule has 0 N–H and O–H groups in total. The van der Waals surface area contributed by atoms with Crippen LogP contribution in [0.5, 0.6) is 0 Å². The second-order valence-corrected chi connectivity index (χ2v) is 10.4. The topological polar surface area (TPSA) is 80.3 Å². The number of halogens is 3. The molecule has 30 heavy (non-hydrogen) atoms. The number of phosphoric acid groups is 1. The van der Waals surface area contributed by atoms with Gasteiger partial charge in [0.25, 0.3) is 5.85 Å². The highest BCUT2D eigenvalue weighted by atomic mass is 31.2. The first kappa shape index (κ1) is 30.0. The van der Waals surface area contributed by atoms with Crippen LogP contribution in [0.1, 0.15) is 79.1 Å². The zero-order chi connectivity index (χ0) is 23.1. The predicted octanol–water partition coefficient (Wildman–Crippen LogP) is 7.46. The van der Waals surface area contributed by atoms with E-state index >= 15 is 0 Å². The van der Waals surface area contributed by atoms with Crippen LogP contribution < -0.4 is 0 Å². The summed E-state index contributed by atoms with van der Waals surface area (Å²) in [5.74, 6) is -3.08. The predicted molar refractivity (Wildman–Crippen MR) is 110 cm³/mol. The average Bonchev–Trinajstić information content (AvgIpc) is 2.66. The van der Waals surface area contributed by atoms with Gasteiger partial charge in [0.15, 0.2) is 0 Å². The Morgan fingerprint density at radius 3 is 1.30 bits per heavy atom. The van der Waals surface area contributed by atoms with Gasteiger partial charge in [0, 0.05) is 0 Å². The summed E-state index contributed by atoms with van der Waals surface area (Å²) in [4.78, 5) is 0. The molecule has 0 heterocycles. The Hall–Kier alpha value is 0.0500. The summed E-state index contributed by atoms with van der Waals surface area (Å²) in [6.07, 6.45) is -0.973. The lowest BCUT2D eigenvalue weighted by Crippen LogP contribution is -2.33. The molecule has 7 nitrogen and oxygen atoms in total. The number of phosphoric ester groups is 1. The van der Waals surface area contributed by atoms with Crippen LogP contribution >= 0.6 is 15.4 Å². The van der Waals surface area contributed by atoms with E-state index in [1.54, 1.807) is 13.8 Å². The summed E-state index contributed by atoms with van der Waals surface area (Å²) >= 11 is 0. The third kappa shape index (κ3) is 12.2. The molecule has 0 aliphatic heterocycles. The number of unbranched alkanes of at least 4 members (excludes halogenated alkanes) is 4. The molecule has 0 aliphatic carbocycles. The standard InChI is InChI=1S/C18H37F3O7P2/c1-5-9-13-24-29(22,25-14-10-6-2)17(18(19,20)21)28-30(23,26-15-11-7-3)27-16-12-8-4/h17H,5-16H2,1-4H3.